The van der Waals surface area contributed by atoms with Gasteiger partial charge in [-0.3, -0.25) is 0 Å². The van der Waals surface area contributed by atoms with Crippen LogP contribution in [0.2, 0.25) is 0 Å². The number of carbonyl (C=O) groups excluding carboxylic acids is 1. The zero-order valence-corrected chi connectivity index (χ0v) is 17.2. The first kappa shape index (κ1) is 19.6. The van der Waals surface area contributed by atoms with Crippen LogP contribution in [0.15, 0.2) is 39.7 Å². The predicted octanol–water partition coefficient (Wildman–Crippen LogP) is 4.93. The lowest BCUT2D eigenvalue weighted by atomic mass is 9.98. The molecule has 0 atom stereocenters. The summed E-state index contributed by atoms with van der Waals surface area (Å²) in [6, 6.07) is 9.15. The van der Waals surface area contributed by atoms with Crippen molar-refractivity contribution in [1.82, 2.24) is 9.97 Å². The quantitative estimate of drug-likeness (QED) is 0.383. The second-order valence-electron chi connectivity index (χ2n) is 6.97. The number of aryl methyl sites for hydroxylation is 3. The van der Waals surface area contributed by atoms with Crippen LogP contribution in [-0.2, 0) is 4.74 Å². The fourth-order valence-electron chi connectivity index (χ4n) is 3.60. The average Bonchev–Trinajstić information content (AvgIpc) is 3.04. The molecule has 7 heteroatoms. The third-order valence-corrected chi connectivity index (χ3v) is 4.79. The summed E-state index contributed by atoms with van der Waals surface area (Å²) in [4.78, 5) is 25.7. The van der Waals surface area contributed by atoms with Crippen molar-refractivity contribution in [3.63, 3.8) is 0 Å². The highest BCUT2D eigenvalue weighted by Crippen LogP contribution is 2.40. The number of nitrogens with zero attached hydrogens (tertiary/aromatic N) is 3. The molecular formula is C23H21N3O4. The van der Waals surface area contributed by atoms with Crippen LogP contribution in [0.25, 0.3) is 21.7 Å². The summed E-state index contributed by atoms with van der Waals surface area (Å²) in [5.41, 5.74) is 2.69. The van der Waals surface area contributed by atoms with Crippen LogP contribution in [0.5, 0.6) is 5.75 Å². The van der Waals surface area contributed by atoms with Crippen molar-refractivity contribution in [3.8, 4) is 5.75 Å². The molecule has 2 heterocycles. The van der Waals surface area contributed by atoms with Gasteiger partial charge in [-0.05, 0) is 33.8 Å². The van der Waals surface area contributed by atoms with Gasteiger partial charge in [0.25, 0.3) is 0 Å². The molecule has 2 aromatic heterocycles. The van der Waals surface area contributed by atoms with Crippen LogP contribution < -0.4 is 0 Å². The normalized spacial score (nSPS) is 11.6. The molecule has 0 radical (unpaired) electrons. The molecule has 0 aliphatic rings. The Hall–Kier alpha value is -3.74. The number of aromatic hydroxyl groups is 1. The fourth-order valence-corrected chi connectivity index (χ4v) is 3.60. The van der Waals surface area contributed by atoms with Gasteiger partial charge in [-0.2, -0.15) is 0 Å². The van der Waals surface area contributed by atoms with Gasteiger partial charge in [0.1, 0.15) is 22.7 Å². The van der Waals surface area contributed by atoms with Crippen molar-refractivity contribution >= 4 is 39.9 Å². The van der Waals surface area contributed by atoms with Crippen molar-refractivity contribution in [1.29, 1.82) is 0 Å². The Kier molecular flexibility index (Phi) is 4.95. The Morgan fingerprint density at radius 1 is 1.17 bits per heavy atom. The summed E-state index contributed by atoms with van der Waals surface area (Å²) in [5.74, 6) is 0.168. The summed E-state index contributed by atoms with van der Waals surface area (Å²) in [6.45, 7) is 7.38. The van der Waals surface area contributed by atoms with E-state index in [4.69, 9.17) is 9.15 Å². The van der Waals surface area contributed by atoms with Crippen LogP contribution in [0.3, 0.4) is 0 Å². The van der Waals surface area contributed by atoms with Gasteiger partial charge in [-0.25, -0.2) is 19.8 Å². The van der Waals surface area contributed by atoms with Crippen LogP contribution in [0.4, 0.5) is 5.95 Å². The number of hydrogen-bond acceptors (Lipinski definition) is 7. The van der Waals surface area contributed by atoms with Crippen molar-refractivity contribution in [3.05, 3.63) is 58.6 Å². The largest absolute Gasteiger partial charge is 0.507 e. The number of aliphatic imine (C=N–C) groups is 1. The fraction of sp³-hybridized carbons (Fsp3) is 0.217. The molecule has 0 saturated heterocycles. The van der Waals surface area contributed by atoms with E-state index in [2.05, 4.69) is 15.0 Å². The average molecular weight is 403 g/mol. The molecule has 0 saturated carbocycles. The number of aromatic nitrogens is 2. The number of fused-ring (bicyclic) bond motifs is 3. The number of hydrogen-bond donors (Lipinski definition) is 1. The zero-order valence-electron chi connectivity index (χ0n) is 17.2. The van der Waals surface area contributed by atoms with Crippen molar-refractivity contribution in [2.75, 3.05) is 6.61 Å². The minimum absolute atomic E-state index is 0.00225. The lowest BCUT2D eigenvalue weighted by Gasteiger charge is -2.08. The van der Waals surface area contributed by atoms with Crippen molar-refractivity contribution in [2.45, 2.75) is 27.7 Å². The molecule has 0 bridgehead atoms. The molecule has 0 amide bonds. The second kappa shape index (κ2) is 7.59. The number of phenolic OH excluding ortho intramolecular Hbond substituents is 1. The lowest BCUT2D eigenvalue weighted by Crippen LogP contribution is -2.06. The van der Waals surface area contributed by atoms with Gasteiger partial charge in [0.05, 0.1) is 6.61 Å². The van der Waals surface area contributed by atoms with Crippen LogP contribution in [0, 0.1) is 20.8 Å². The van der Waals surface area contributed by atoms with Crippen molar-refractivity contribution < 1.29 is 19.1 Å². The van der Waals surface area contributed by atoms with E-state index in [-0.39, 0.29) is 23.9 Å². The molecule has 152 valence electrons. The van der Waals surface area contributed by atoms with Crippen LogP contribution in [-0.4, -0.2) is 33.9 Å². The number of benzene rings is 2. The summed E-state index contributed by atoms with van der Waals surface area (Å²) in [5, 5.41) is 12.8. The third-order valence-electron chi connectivity index (χ3n) is 4.79. The van der Waals surface area contributed by atoms with E-state index in [0.717, 1.165) is 11.4 Å². The molecule has 0 spiro atoms. The van der Waals surface area contributed by atoms with Crippen LogP contribution >= 0.6 is 0 Å². The van der Waals surface area contributed by atoms with E-state index in [1.54, 1.807) is 19.9 Å². The van der Waals surface area contributed by atoms with Gasteiger partial charge < -0.3 is 14.3 Å². The van der Waals surface area contributed by atoms with E-state index in [1.807, 2.05) is 38.1 Å². The van der Waals surface area contributed by atoms with Gasteiger partial charge in [-0.15, -0.1) is 0 Å². The maximum absolute atomic E-state index is 12.7. The minimum atomic E-state index is -0.513. The van der Waals surface area contributed by atoms with Crippen LogP contribution in [0.1, 0.15) is 40.0 Å². The molecule has 1 N–H and O–H groups in total. The van der Waals surface area contributed by atoms with Gasteiger partial charge in [0.15, 0.2) is 0 Å². The number of furan rings is 1. The monoisotopic (exact) mass is 403 g/mol. The zero-order chi connectivity index (χ0) is 21.4. The number of ether oxygens (including phenoxy) is 1. The highest BCUT2D eigenvalue weighted by Gasteiger charge is 2.26. The first-order valence-corrected chi connectivity index (χ1v) is 9.61. The van der Waals surface area contributed by atoms with Gasteiger partial charge in [0.2, 0.25) is 5.95 Å². The topological polar surface area (TPSA) is 97.8 Å². The standard InChI is InChI=1S/C23H21N3O4/c1-5-29-22(28)18-14(4)30-21-16-9-7-6-8-15(16)20(27)17(19(18)21)11-24-23-25-12(2)10-13(3)26-23/h6-11,27H,5H2,1-4H3/b24-11+. The van der Waals surface area contributed by atoms with E-state index in [0.29, 0.717) is 33.1 Å². The van der Waals surface area contributed by atoms with Gasteiger partial charge in [0, 0.05) is 39.3 Å². The Bertz CT molecular complexity index is 1300. The number of rotatable bonds is 4. The Balaban J connectivity index is 2.04. The first-order valence-electron chi connectivity index (χ1n) is 9.61. The summed E-state index contributed by atoms with van der Waals surface area (Å²) >= 11 is 0. The van der Waals surface area contributed by atoms with Crippen molar-refractivity contribution in [2.24, 2.45) is 4.99 Å². The second-order valence-corrected chi connectivity index (χ2v) is 6.97. The number of phenols is 1. The Labute approximate surface area is 173 Å². The molecule has 0 aliphatic heterocycles. The molecule has 4 rings (SSSR count). The molecule has 7 nitrogen and oxygen atoms in total. The predicted molar refractivity (Wildman–Crippen MR) is 115 cm³/mol. The summed E-state index contributed by atoms with van der Waals surface area (Å²) < 4.78 is 11.2. The molecular weight excluding hydrogens is 382 g/mol. The summed E-state index contributed by atoms with van der Waals surface area (Å²) in [7, 11) is 0. The molecule has 0 unspecified atom stereocenters. The highest BCUT2D eigenvalue weighted by atomic mass is 16.5. The van der Waals surface area contributed by atoms with E-state index < -0.39 is 5.97 Å². The third kappa shape index (κ3) is 3.28. The molecule has 4 aromatic rings. The molecule has 0 fully saturated rings. The Morgan fingerprint density at radius 2 is 1.83 bits per heavy atom. The Morgan fingerprint density at radius 3 is 2.50 bits per heavy atom. The number of esters is 1. The SMILES string of the molecule is CCOC(=O)c1c(C)oc2c1c(/C=N/c1nc(C)cc(C)n1)c(O)c1ccccc12. The maximum atomic E-state index is 12.7. The molecule has 2 aromatic carbocycles. The van der Waals surface area contributed by atoms with E-state index in [1.165, 1.54) is 6.21 Å². The summed E-state index contributed by atoms with van der Waals surface area (Å²) in [6.07, 6.45) is 1.47. The first-order chi connectivity index (χ1) is 14.4. The molecule has 0 aliphatic carbocycles. The van der Waals surface area contributed by atoms with Gasteiger partial charge >= 0.3 is 5.97 Å². The lowest BCUT2D eigenvalue weighted by molar-refractivity contribution is 0.0526. The van der Waals surface area contributed by atoms with E-state index in [9.17, 15) is 9.90 Å². The van der Waals surface area contributed by atoms with E-state index >= 15 is 0 Å². The van der Waals surface area contributed by atoms with Gasteiger partial charge in [-0.1, -0.05) is 24.3 Å². The minimum Gasteiger partial charge on any atom is -0.507 e. The smallest absolute Gasteiger partial charge is 0.342 e. The highest BCUT2D eigenvalue weighted by molar-refractivity contribution is 6.21. The maximum Gasteiger partial charge on any atom is 0.342 e. The molecule has 30 heavy (non-hydrogen) atoms. The number of carbonyl (C=O) groups is 1.